The lowest BCUT2D eigenvalue weighted by molar-refractivity contribution is 0.356. The van der Waals surface area contributed by atoms with Gasteiger partial charge in [0, 0.05) is 0 Å². The van der Waals surface area contributed by atoms with E-state index < -0.39 is 0 Å². The van der Waals surface area contributed by atoms with Crippen LogP contribution in [0.25, 0.3) is 10.8 Å². The van der Waals surface area contributed by atoms with E-state index in [4.69, 9.17) is 9.47 Å². The monoisotopic (exact) mass is 216 g/mol. The van der Waals surface area contributed by atoms with E-state index in [1.807, 2.05) is 12.1 Å². The van der Waals surface area contributed by atoms with Gasteiger partial charge in [0.1, 0.15) is 0 Å². The quantitative estimate of drug-likeness (QED) is 0.782. The van der Waals surface area contributed by atoms with Gasteiger partial charge in [-0.2, -0.15) is 0 Å². The first-order valence-electron chi connectivity index (χ1n) is 5.43. The van der Waals surface area contributed by atoms with Crippen LogP contribution in [-0.4, -0.2) is 14.2 Å². The molecule has 0 fully saturated rings. The zero-order chi connectivity index (χ0) is 11.5. The zero-order valence-electron chi connectivity index (χ0n) is 9.91. The van der Waals surface area contributed by atoms with E-state index in [1.165, 1.54) is 16.3 Å². The molecule has 2 aromatic rings. The van der Waals surface area contributed by atoms with E-state index in [-0.39, 0.29) is 0 Å². The molecule has 2 nitrogen and oxygen atoms in total. The van der Waals surface area contributed by atoms with Crippen molar-refractivity contribution in [2.45, 2.75) is 13.3 Å². The molecule has 0 N–H and O–H groups in total. The third-order valence-corrected chi connectivity index (χ3v) is 2.86. The van der Waals surface area contributed by atoms with Crippen molar-refractivity contribution in [3.63, 3.8) is 0 Å². The Hall–Kier alpha value is -1.70. The van der Waals surface area contributed by atoms with Gasteiger partial charge in [-0.3, -0.25) is 0 Å². The highest BCUT2D eigenvalue weighted by molar-refractivity contribution is 5.89. The van der Waals surface area contributed by atoms with Crippen molar-refractivity contribution in [3.05, 3.63) is 35.9 Å². The van der Waals surface area contributed by atoms with Gasteiger partial charge in [0.2, 0.25) is 0 Å². The second kappa shape index (κ2) is 4.44. The zero-order valence-corrected chi connectivity index (χ0v) is 9.91. The van der Waals surface area contributed by atoms with Crippen molar-refractivity contribution in [2.75, 3.05) is 14.2 Å². The summed E-state index contributed by atoms with van der Waals surface area (Å²) in [5.74, 6) is 1.57. The van der Waals surface area contributed by atoms with Crippen LogP contribution in [0.3, 0.4) is 0 Å². The average molecular weight is 216 g/mol. The topological polar surface area (TPSA) is 18.5 Å². The van der Waals surface area contributed by atoms with E-state index >= 15 is 0 Å². The number of ether oxygens (including phenoxy) is 2. The van der Waals surface area contributed by atoms with Gasteiger partial charge in [-0.1, -0.05) is 25.1 Å². The Labute approximate surface area is 95.8 Å². The molecule has 0 atom stereocenters. The van der Waals surface area contributed by atoms with Crippen LogP contribution in [0.15, 0.2) is 30.3 Å². The third-order valence-electron chi connectivity index (χ3n) is 2.86. The van der Waals surface area contributed by atoms with Crippen LogP contribution in [0.2, 0.25) is 0 Å². The highest BCUT2D eigenvalue weighted by Crippen LogP contribution is 2.33. The summed E-state index contributed by atoms with van der Waals surface area (Å²) in [6.45, 7) is 2.16. The molecule has 0 bridgehead atoms. The number of methoxy groups -OCH3 is 2. The largest absolute Gasteiger partial charge is 0.493 e. The molecule has 2 heteroatoms. The second-order valence-electron chi connectivity index (χ2n) is 3.70. The highest BCUT2D eigenvalue weighted by atomic mass is 16.5. The predicted octanol–water partition coefficient (Wildman–Crippen LogP) is 3.42. The molecule has 84 valence electrons. The number of hydrogen-bond donors (Lipinski definition) is 0. The molecule has 16 heavy (non-hydrogen) atoms. The van der Waals surface area contributed by atoms with E-state index in [2.05, 4.69) is 25.1 Å². The lowest BCUT2D eigenvalue weighted by atomic mass is 10.0. The highest BCUT2D eigenvalue weighted by Gasteiger charge is 2.07. The van der Waals surface area contributed by atoms with Gasteiger partial charge < -0.3 is 9.47 Å². The summed E-state index contributed by atoms with van der Waals surface area (Å²) in [5, 5.41) is 2.43. The summed E-state index contributed by atoms with van der Waals surface area (Å²) in [7, 11) is 3.33. The van der Waals surface area contributed by atoms with Gasteiger partial charge in [0.05, 0.1) is 14.2 Å². The second-order valence-corrected chi connectivity index (χ2v) is 3.70. The van der Waals surface area contributed by atoms with Gasteiger partial charge in [0.15, 0.2) is 11.5 Å². The summed E-state index contributed by atoms with van der Waals surface area (Å²) in [5.41, 5.74) is 1.33. The molecule has 2 aromatic carbocycles. The molecule has 0 saturated heterocycles. The molecule has 2 rings (SSSR count). The maximum atomic E-state index is 5.32. The Morgan fingerprint density at radius 3 is 2.31 bits per heavy atom. The molecule has 0 radical (unpaired) electrons. The van der Waals surface area contributed by atoms with Gasteiger partial charge >= 0.3 is 0 Å². The first-order chi connectivity index (χ1) is 7.80. The number of aryl methyl sites for hydroxylation is 1. The van der Waals surface area contributed by atoms with Crippen LogP contribution in [0.5, 0.6) is 11.5 Å². The number of fused-ring (bicyclic) bond motifs is 1. The van der Waals surface area contributed by atoms with Crippen LogP contribution < -0.4 is 9.47 Å². The normalized spacial score (nSPS) is 10.4. The Bertz CT molecular complexity index is 503. The summed E-state index contributed by atoms with van der Waals surface area (Å²) < 4.78 is 10.6. The van der Waals surface area contributed by atoms with Crippen molar-refractivity contribution in [1.82, 2.24) is 0 Å². The first-order valence-corrected chi connectivity index (χ1v) is 5.43. The fraction of sp³-hybridized carbons (Fsp3) is 0.286. The third kappa shape index (κ3) is 1.71. The van der Waals surface area contributed by atoms with Crippen molar-refractivity contribution in [1.29, 1.82) is 0 Å². The molecule has 0 saturated carbocycles. The molecule has 0 unspecified atom stereocenters. The fourth-order valence-corrected chi connectivity index (χ4v) is 1.98. The molecule has 0 aliphatic carbocycles. The molecule has 0 heterocycles. The molecule has 0 aliphatic rings. The number of benzene rings is 2. The minimum atomic E-state index is 0.781. The van der Waals surface area contributed by atoms with E-state index in [0.29, 0.717) is 0 Å². The Kier molecular flexibility index (Phi) is 3.00. The molecule has 0 spiro atoms. The number of hydrogen-bond acceptors (Lipinski definition) is 2. The molecule has 0 amide bonds. The van der Waals surface area contributed by atoms with Crippen LogP contribution in [0, 0.1) is 0 Å². The summed E-state index contributed by atoms with van der Waals surface area (Å²) >= 11 is 0. The van der Waals surface area contributed by atoms with Crippen LogP contribution in [0.4, 0.5) is 0 Å². The number of rotatable bonds is 3. The van der Waals surface area contributed by atoms with Crippen molar-refractivity contribution in [2.24, 2.45) is 0 Å². The molecule has 0 aliphatic heterocycles. The van der Waals surface area contributed by atoms with Gasteiger partial charge in [0.25, 0.3) is 0 Å². The Morgan fingerprint density at radius 2 is 1.69 bits per heavy atom. The average Bonchev–Trinajstić information content (AvgIpc) is 2.36. The molecule has 0 aromatic heterocycles. The minimum absolute atomic E-state index is 0.781. The maximum Gasteiger partial charge on any atom is 0.161 e. The van der Waals surface area contributed by atoms with E-state index in [9.17, 15) is 0 Å². The van der Waals surface area contributed by atoms with Gasteiger partial charge in [-0.15, -0.1) is 0 Å². The molecular weight excluding hydrogens is 200 g/mol. The standard InChI is InChI=1S/C14H16O2/c1-4-10-6-5-7-11-8-13(15-2)14(16-3)9-12(10)11/h5-9H,4H2,1-3H3. The SMILES string of the molecule is CCc1cccc2cc(OC)c(OC)cc12. The minimum Gasteiger partial charge on any atom is -0.493 e. The first kappa shape index (κ1) is 10.8. The summed E-state index contributed by atoms with van der Waals surface area (Å²) in [6, 6.07) is 10.4. The predicted molar refractivity (Wildman–Crippen MR) is 66.4 cm³/mol. The summed E-state index contributed by atoms with van der Waals surface area (Å²) in [6.07, 6.45) is 1.02. The van der Waals surface area contributed by atoms with Crippen molar-refractivity contribution < 1.29 is 9.47 Å². The van der Waals surface area contributed by atoms with Gasteiger partial charge in [-0.25, -0.2) is 0 Å². The van der Waals surface area contributed by atoms with Crippen LogP contribution in [0.1, 0.15) is 12.5 Å². The lowest BCUT2D eigenvalue weighted by Crippen LogP contribution is -1.92. The summed E-state index contributed by atoms with van der Waals surface area (Å²) in [4.78, 5) is 0. The van der Waals surface area contributed by atoms with Gasteiger partial charge in [-0.05, 0) is 34.9 Å². The van der Waals surface area contributed by atoms with Crippen LogP contribution in [-0.2, 0) is 6.42 Å². The van der Waals surface area contributed by atoms with E-state index in [0.717, 1.165) is 17.9 Å². The van der Waals surface area contributed by atoms with E-state index in [1.54, 1.807) is 14.2 Å². The lowest BCUT2D eigenvalue weighted by Gasteiger charge is -2.11. The Balaban J connectivity index is 2.72. The van der Waals surface area contributed by atoms with Crippen molar-refractivity contribution in [3.8, 4) is 11.5 Å². The fourth-order valence-electron chi connectivity index (χ4n) is 1.98. The molecular formula is C14H16O2. The van der Waals surface area contributed by atoms with Crippen molar-refractivity contribution >= 4 is 10.8 Å². The maximum absolute atomic E-state index is 5.32. The smallest absolute Gasteiger partial charge is 0.161 e. The van der Waals surface area contributed by atoms with Crippen LogP contribution >= 0.6 is 0 Å². The Morgan fingerprint density at radius 1 is 1.00 bits per heavy atom.